The van der Waals surface area contributed by atoms with Gasteiger partial charge in [-0.25, -0.2) is 8.42 Å². The smallest absolute Gasteiger partial charge is 0.235 e. The molecule has 0 fully saturated rings. The molecule has 1 aromatic rings. The molecule has 1 atom stereocenters. The normalized spacial score (nSPS) is 12.7. The minimum Gasteiger partial charge on any atom is -0.381 e. The van der Waals surface area contributed by atoms with Crippen molar-refractivity contribution in [2.24, 2.45) is 0 Å². The fourth-order valence-electron chi connectivity index (χ4n) is 1.90. The van der Waals surface area contributed by atoms with Crippen molar-refractivity contribution in [3.63, 3.8) is 0 Å². The Hall–Kier alpha value is -1.58. The van der Waals surface area contributed by atoms with Crippen LogP contribution in [0.1, 0.15) is 37.8 Å². The van der Waals surface area contributed by atoms with Crippen molar-refractivity contribution in [3.05, 3.63) is 29.3 Å². The van der Waals surface area contributed by atoms with Gasteiger partial charge >= 0.3 is 0 Å². The van der Waals surface area contributed by atoms with E-state index in [1.807, 2.05) is 12.1 Å². The summed E-state index contributed by atoms with van der Waals surface area (Å²) >= 11 is 0. The number of benzene rings is 1. The molecule has 0 spiro atoms. The molecule has 0 aliphatic rings. The number of rotatable bonds is 8. The quantitative estimate of drug-likeness (QED) is 0.800. The molecule has 1 unspecified atom stereocenters. The van der Waals surface area contributed by atoms with Gasteiger partial charge in [-0.05, 0) is 37.5 Å². The van der Waals surface area contributed by atoms with E-state index in [9.17, 15) is 13.7 Å². The first-order valence-corrected chi connectivity index (χ1v) is 8.63. The Labute approximate surface area is 127 Å². The second kappa shape index (κ2) is 8.01. The van der Waals surface area contributed by atoms with Crippen molar-refractivity contribution >= 4 is 15.7 Å². The van der Waals surface area contributed by atoms with E-state index in [0.717, 1.165) is 24.8 Å². The van der Waals surface area contributed by atoms with E-state index in [1.54, 1.807) is 19.1 Å². The Kier molecular flexibility index (Phi) is 6.66. The van der Waals surface area contributed by atoms with Gasteiger partial charge in [0.15, 0.2) is 0 Å². The molecule has 1 aromatic carbocycles. The summed E-state index contributed by atoms with van der Waals surface area (Å²) in [6, 6.07) is 7.29. The van der Waals surface area contributed by atoms with Gasteiger partial charge in [0.05, 0.1) is 23.1 Å². The minimum atomic E-state index is -3.53. The lowest BCUT2D eigenvalue weighted by molar-refractivity contribution is 0.136. The van der Waals surface area contributed by atoms with E-state index in [4.69, 9.17) is 4.74 Å². The second-order valence-corrected chi connectivity index (χ2v) is 6.79. The average Bonchev–Trinajstić information content (AvgIpc) is 2.45. The molecule has 0 amide bonds. The zero-order chi connectivity index (χ0) is 15.9. The summed E-state index contributed by atoms with van der Waals surface area (Å²) < 4.78 is 31.4. The van der Waals surface area contributed by atoms with Crippen LogP contribution in [0, 0.1) is 11.3 Å². The SMILES string of the molecule is CCCCc1ccc(NS(=O)(=O)CC(C)OC)c(C#N)c1. The van der Waals surface area contributed by atoms with Crippen LogP contribution in [-0.4, -0.2) is 27.4 Å². The number of anilines is 1. The maximum absolute atomic E-state index is 12.0. The van der Waals surface area contributed by atoms with Crippen molar-refractivity contribution in [2.75, 3.05) is 17.6 Å². The van der Waals surface area contributed by atoms with E-state index in [0.29, 0.717) is 11.3 Å². The van der Waals surface area contributed by atoms with E-state index < -0.39 is 16.1 Å². The lowest BCUT2D eigenvalue weighted by Crippen LogP contribution is -2.25. The molecule has 6 heteroatoms. The molecule has 0 bridgehead atoms. The lowest BCUT2D eigenvalue weighted by atomic mass is 10.0. The van der Waals surface area contributed by atoms with E-state index in [2.05, 4.69) is 11.6 Å². The Balaban J connectivity index is 2.91. The van der Waals surface area contributed by atoms with Crippen molar-refractivity contribution in [3.8, 4) is 6.07 Å². The third-order valence-electron chi connectivity index (χ3n) is 3.15. The van der Waals surface area contributed by atoms with Gasteiger partial charge < -0.3 is 4.74 Å². The van der Waals surface area contributed by atoms with Crippen LogP contribution in [0.15, 0.2) is 18.2 Å². The summed E-state index contributed by atoms with van der Waals surface area (Å²) in [6.45, 7) is 3.78. The van der Waals surface area contributed by atoms with Gasteiger partial charge in [-0.2, -0.15) is 5.26 Å². The summed E-state index contributed by atoms with van der Waals surface area (Å²) in [6.07, 6.45) is 2.60. The molecule has 1 N–H and O–H groups in total. The number of hydrogen-bond acceptors (Lipinski definition) is 4. The summed E-state index contributed by atoms with van der Waals surface area (Å²) in [4.78, 5) is 0. The van der Waals surface area contributed by atoms with E-state index in [1.165, 1.54) is 7.11 Å². The summed E-state index contributed by atoms with van der Waals surface area (Å²) in [7, 11) is -2.07. The largest absolute Gasteiger partial charge is 0.381 e. The Morgan fingerprint density at radius 2 is 2.14 bits per heavy atom. The number of nitrogens with zero attached hydrogens (tertiary/aromatic N) is 1. The van der Waals surface area contributed by atoms with Gasteiger partial charge in [0, 0.05) is 7.11 Å². The highest BCUT2D eigenvalue weighted by atomic mass is 32.2. The number of methoxy groups -OCH3 is 1. The first-order chi connectivity index (χ1) is 9.91. The highest BCUT2D eigenvalue weighted by Crippen LogP contribution is 2.19. The maximum Gasteiger partial charge on any atom is 0.235 e. The molecule has 1 rings (SSSR count). The Bertz CT molecular complexity index is 606. The van der Waals surface area contributed by atoms with Gasteiger partial charge in [-0.15, -0.1) is 0 Å². The average molecular weight is 310 g/mol. The number of nitriles is 1. The number of sulfonamides is 1. The molecule has 5 nitrogen and oxygen atoms in total. The van der Waals surface area contributed by atoms with Gasteiger partial charge in [-0.3, -0.25) is 4.72 Å². The van der Waals surface area contributed by atoms with Crippen LogP contribution < -0.4 is 4.72 Å². The number of hydrogen-bond donors (Lipinski definition) is 1. The van der Waals surface area contributed by atoms with Gasteiger partial charge in [0.25, 0.3) is 0 Å². The molecule has 0 aromatic heterocycles. The van der Waals surface area contributed by atoms with Crippen LogP contribution >= 0.6 is 0 Å². The van der Waals surface area contributed by atoms with Gasteiger partial charge in [0.1, 0.15) is 6.07 Å². The van der Waals surface area contributed by atoms with Crippen LogP contribution in [0.2, 0.25) is 0 Å². The third-order valence-corrected chi connectivity index (χ3v) is 4.58. The first-order valence-electron chi connectivity index (χ1n) is 6.98. The lowest BCUT2D eigenvalue weighted by Gasteiger charge is -2.13. The van der Waals surface area contributed by atoms with Crippen LogP contribution in [0.5, 0.6) is 0 Å². The standard InChI is InChI=1S/C15H22N2O3S/c1-4-5-6-13-7-8-15(14(9-13)10-16)17-21(18,19)11-12(2)20-3/h7-9,12,17H,4-6,11H2,1-3H3. The van der Waals surface area contributed by atoms with Crippen LogP contribution in [0.25, 0.3) is 0 Å². The maximum atomic E-state index is 12.0. The molecule has 0 radical (unpaired) electrons. The zero-order valence-electron chi connectivity index (χ0n) is 12.7. The molecule has 0 saturated carbocycles. The molecule has 0 heterocycles. The highest BCUT2D eigenvalue weighted by Gasteiger charge is 2.17. The van der Waals surface area contributed by atoms with E-state index in [-0.39, 0.29) is 5.75 Å². The van der Waals surface area contributed by atoms with Crippen molar-refractivity contribution < 1.29 is 13.2 Å². The molecule has 0 aliphatic heterocycles. The molecular formula is C15H22N2O3S. The van der Waals surface area contributed by atoms with Crippen LogP contribution in [0.3, 0.4) is 0 Å². The Morgan fingerprint density at radius 1 is 1.43 bits per heavy atom. The predicted molar refractivity (Wildman–Crippen MR) is 83.6 cm³/mol. The minimum absolute atomic E-state index is 0.147. The fourth-order valence-corrected chi connectivity index (χ4v) is 3.25. The topological polar surface area (TPSA) is 79.2 Å². The summed E-state index contributed by atoms with van der Waals surface area (Å²) in [5.41, 5.74) is 1.71. The van der Waals surface area contributed by atoms with Crippen molar-refractivity contribution in [2.45, 2.75) is 39.2 Å². The second-order valence-electron chi connectivity index (χ2n) is 5.03. The highest BCUT2D eigenvalue weighted by molar-refractivity contribution is 7.92. The number of nitrogens with one attached hydrogen (secondary N) is 1. The predicted octanol–water partition coefficient (Wildman–Crippen LogP) is 2.68. The summed E-state index contributed by atoms with van der Waals surface area (Å²) in [5, 5.41) is 9.18. The molecular weight excluding hydrogens is 288 g/mol. The number of unbranched alkanes of at least 4 members (excludes halogenated alkanes) is 1. The van der Waals surface area contributed by atoms with Gasteiger partial charge in [-0.1, -0.05) is 19.4 Å². The van der Waals surface area contributed by atoms with Crippen molar-refractivity contribution in [1.82, 2.24) is 0 Å². The monoisotopic (exact) mass is 310 g/mol. The molecule has 0 saturated heterocycles. The van der Waals surface area contributed by atoms with Gasteiger partial charge in [0.2, 0.25) is 10.0 Å². The zero-order valence-corrected chi connectivity index (χ0v) is 13.5. The van der Waals surface area contributed by atoms with E-state index >= 15 is 0 Å². The fraction of sp³-hybridized carbons (Fsp3) is 0.533. The molecule has 116 valence electrons. The third kappa shape index (κ3) is 5.74. The molecule has 0 aliphatic carbocycles. The number of aryl methyl sites for hydroxylation is 1. The summed E-state index contributed by atoms with van der Waals surface area (Å²) in [5.74, 6) is -0.147. The number of ether oxygens (including phenoxy) is 1. The molecule has 21 heavy (non-hydrogen) atoms. The van der Waals surface area contributed by atoms with Crippen molar-refractivity contribution in [1.29, 1.82) is 5.26 Å². The Morgan fingerprint density at radius 3 is 2.71 bits per heavy atom. The first kappa shape index (κ1) is 17.5. The van der Waals surface area contributed by atoms with Crippen LogP contribution in [0.4, 0.5) is 5.69 Å². The van der Waals surface area contributed by atoms with Crippen LogP contribution in [-0.2, 0) is 21.2 Å².